The minimum atomic E-state index is -1.26. The summed E-state index contributed by atoms with van der Waals surface area (Å²) in [5, 5.41) is 11.8. The van der Waals surface area contributed by atoms with Crippen molar-refractivity contribution in [2.24, 2.45) is 0 Å². The molecule has 7 nitrogen and oxygen atoms in total. The van der Waals surface area contributed by atoms with Gasteiger partial charge in [0, 0.05) is 34.3 Å². The van der Waals surface area contributed by atoms with Gasteiger partial charge in [-0.1, -0.05) is 23.7 Å². The summed E-state index contributed by atoms with van der Waals surface area (Å²) < 4.78 is 13.5. The number of hydrogen-bond acceptors (Lipinski definition) is 4. The average molecular weight is 499 g/mol. The summed E-state index contributed by atoms with van der Waals surface area (Å²) in [6.45, 7) is 11.8. The first kappa shape index (κ1) is 25.1. The lowest BCUT2D eigenvalue weighted by Crippen LogP contribution is -2.40. The van der Waals surface area contributed by atoms with Crippen LogP contribution in [0.4, 0.5) is 10.5 Å². The molecule has 2 heterocycles. The van der Waals surface area contributed by atoms with Crippen LogP contribution in [-0.2, 0) is 14.3 Å². The summed E-state index contributed by atoms with van der Waals surface area (Å²) in [6.07, 6.45) is -1.75. The molecule has 1 amide bonds. The molecule has 0 bridgehead atoms. The van der Waals surface area contributed by atoms with Crippen molar-refractivity contribution in [3.8, 4) is 11.1 Å². The van der Waals surface area contributed by atoms with Gasteiger partial charge in [-0.2, -0.15) is 0 Å². The first-order valence-corrected chi connectivity index (χ1v) is 11.9. The molecular weight excluding hydrogens is 468 g/mol. The number of carbonyl (C=O) groups excluding carboxylic acids is 1. The van der Waals surface area contributed by atoms with Crippen molar-refractivity contribution in [3.05, 3.63) is 52.2 Å². The maximum atomic E-state index is 12.9. The molecule has 0 spiro atoms. The maximum absolute atomic E-state index is 12.9. The summed E-state index contributed by atoms with van der Waals surface area (Å²) in [4.78, 5) is 27.1. The molecule has 186 valence electrons. The third-order valence-corrected chi connectivity index (χ3v) is 6.65. The molecule has 1 aromatic heterocycles. The van der Waals surface area contributed by atoms with Crippen molar-refractivity contribution in [1.29, 1.82) is 0 Å². The number of ether oxygens (including phenoxy) is 2. The highest BCUT2D eigenvalue weighted by atomic mass is 35.5. The lowest BCUT2D eigenvalue weighted by molar-refractivity contribution is -0.160. The number of halogens is 1. The van der Waals surface area contributed by atoms with Gasteiger partial charge in [0.2, 0.25) is 0 Å². The predicted octanol–water partition coefficient (Wildman–Crippen LogP) is 6.67. The molecule has 4 rings (SSSR count). The zero-order chi connectivity index (χ0) is 25.8. The molecule has 1 aliphatic rings. The number of aromatic nitrogens is 1. The Kier molecular flexibility index (Phi) is 6.36. The Hall–Kier alpha value is -3.03. The van der Waals surface area contributed by atoms with Crippen molar-refractivity contribution >= 4 is 40.3 Å². The summed E-state index contributed by atoms with van der Waals surface area (Å²) in [5.41, 5.74) is 4.57. The molecule has 0 radical (unpaired) electrons. The number of carboxylic acids is 1. The molecule has 2 atom stereocenters. The monoisotopic (exact) mass is 498 g/mol. The first-order valence-electron chi connectivity index (χ1n) is 11.6. The molecule has 35 heavy (non-hydrogen) atoms. The Morgan fingerprint density at radius 3 is 2.34 bits per heavy atom. The van der Waals surface area contributed by atoms with Crippen LogP contribution in [0.3, 0.4) is 0 Å². The summed E-state index contributed by atoms with van der Waals surface area (Å²) in [5.74, 6) is -1.10. The smallest absolute Gasteiger partial charge is 0.414 e. The molecule has 0 saturated carbocycles. The number of aliphatic carboxylic acids is 1. The molecular formula is C27H31ClN2O5. The van der Waals surface area contributed by atoms with E-state index in [0.29, 0.717) is 28.4 Å². The van der Waals surface area contributed by atoms with E-state index < -0.39 is 23.8 Å². The molecule has 0 fully saturated rings. The van der Waals surface area contributed by atoms with Crippen molar-refractivity contribution in [2.45, 2.75) is 59.3 Å². The Balaban J connectivity index is 2.20. The molecule has 0 saturated heterocycles. The van der Waals surface area contributed by atoms with E-state index in [1.807, 2.05) is 46.8 Å². The van der Waals surface area contributed by atoms with Gasteiger partial charge >= 0.3 is 12.1 Å². The maximum Gasteiger partial charge on any atom is 0.414 e. The second-order valence-corrected chi connectivity index (χ2v) is 10.5. The van der Waals surface area contributed by atoms with Crippen molar-refractivity contribution in [3.63, 3.8) is 0 Å². The SMILES string of the molecule is COC(=O)N1CC(C)n2c(C)cc3c(-c4ccc(Cl)cc4)c(C(OC(C)(C)C)C(=O)O)c(C)c1c32. The van der Waals surface area contributed by atoms with Gasteiger partial charge in [0.05, 0.1) is 23.9 Å². The molecule has 3 aromatic rings. The second kappa shape index (κ2) is 8.88. The van der Waals surface area contributed by atoms with Crippen LogP contribution < -0.4 is 4.90 Å². The minimum absolute atomic E-state index is 0.00325. The summed E-state index contributed by atoms with van der Waals surface area (Å²) in [7, 11) is 1.35. The zero-order valence-corrected chi connectivity index (χ0v) is 21.9. The molecule has 1 N–H and O–H groups in total. The number of anilines is 1. The second-order valence-electron chi connectivity index (χ2n) is 10.1. The van der Waals surface area contributed by atoms with E-state index in [1.165, 1.54) is 7.11 Å². The summed E-state index contributed by atoms with van der Waals surface area (Å²) >= 11 is 6.18. The Labute approximate surface area is 210 Å². The third kappa shape index (κ3) is 4.28. The van der Waals surface area contributed by atoms with Crippen LogP contribution in [0.2, 0.25) is 5.02 Å². The van der Waals surface area contributed by atoms with Gasteiger partial charge in [0.25, 0.3) is 0 Å². The van der Waals surface area contributed by atoms with Crippen LogP contribution in [0, 0.1) is 13.8 Å². The van der Waals surface area contributed by atoms with Gasteiger partial charge in [0.1, 0.15) is 0 Å². The number of carboxylic acid groups (broad SMARTS) is 1. The van der Waals surface area contributed by atoms with Crippen LogP contribution in [0.25, 0.3) is 22.0 Å². The van der Waals surface area contributed by atoms with Crippen molar-refractivity contribution in [2.75, 3.05) is 18.6 Å². The Morgan fingerprint density at radius 1 is 1.17 bits per heavy atom. The first-order chi connectivity index (χ1) is 16.4. The van der Waals surface area contributed by atoms with Crippen molar-refractivity contribution < 1.29 is 24.2 Å². The van der Waals surface area contributed by atoms with Gasteiger partial charge in [-0.05, 0) is 76.4 Å². The molecule has 0 aliphatic carbocycles. The number of benzene rings is 2. The van der Waals surface area contributed by atoms with E-state index in [9.17, 15) is 14.7 Å². The van der Waals surface area contributed by atoms with Crippen LogP contribution in [0.1, 0.15) is 56.7 Å². The van der Waals surface area contributed by atoms with Gasteiger partial charge < -0.3 is 19.1 Å². The van der Waals surface area contributed by atoms with E-state index in [0.717, 1.165) is 27.7 Å². The van der Waals surface area contributed by atoms with Crippen LogP contribution in [0.5, 0.6) is 0 Å². The number of carbonyl (C=O) groups is 2. The van der Waals surface area contributed by atoms with E-state index in [1.54, 1.807) is 17.0 Å². The molecule has 1 aliphatic heterocycles. The molecule has 2 aromatic carbocycles. The fourth-order valence-electron chi connectivity index (χ4n) is 5.18. The molecule has 8 heteroatoms. The zero-order valence-electron chi connectivity index (χ0n) is 21.1. The van der Waals surface area contributed by atoms with E-state index in [2.05, 4.69) is 17.6 Å². The normalized spacial score (nSPS) is 16.5. The number of methoxy groups -OCH3 is 1. The van der Waals surface area contributed by atoms with Crippen molar-refractivity contribution in [1.82, 2.24) is 4.57 Å². The number of hydrogen-bond donors (Lipinski definition) is 1. The van der Waals surface area contributed by atoms with Crippen LogP contribution in [-0.4, -0.2) is 41.0 Å². The van der Waals surface area contributed by atoms with Gasteiger partial charge in [-0.15, -0.1) is 0 Å². The fraction of sp³-hybridized carbons (Fsp3) is 0.407. The lowest BCUT2D eigenvalue weighted by atomic mass is 9.87. The lowest BCUT2D eigenvalue weighted by Gasteiger charge is -2.36. The summed E-state index contributed by atoms with van der Waals surface area (Å²) in [6, 6.07) is 9.40. The Bertz CT molecular complexity index is 1320. The topological polar surface area (TPSA) is 81.0 Å². The molecule has 2 unspecified atom stereocenters. The number of aryl methyl sites for hydroxylation is 1. The van der Waals surface area contributed by atoms with Gasteiger partial charge in [-0.25, -0.2) is 9.59 Å². The third-order valence-electron chi connectivity index (χ3n) is 6.39. The Morgan fingerprint density at radius 2 is 1.80 bits per heavy atom. The van der Waals surface area contributed by atoms with Gasteiger partial charge in [-0.3, -0.25) is 4.90 Å². The standard InChI is InChI=1S/C27H31ClN2O5/c1-14-12-19-21(17-8-10-18(28)11-9-17)20(24(25(31)32)35-27(4,5)6)16(3)22-23(19)30(14)15(2)13-29(22)26(33)34-7/h8-12,15,24H,13H2,1-7H3,(H,31,32). The van der Waals surface area contributed by atoms with E-state index >= 15 is 0 Å². The fourth-order valence-corrected chi connectivity index (χ4v) is 5.30. The highest BCUT2D eigenvalue weighted by Crippen LogP contribution is 2.49. The average Bonchev–Trinajstić information content (AvgIpc) is 3.12. The van der Waals surface area contributed by atoms with Crippen LogP contribution in [0.15, 0.2) is 30.3 Å². The van der Waals surface area contributed by atoms with E-state index in [-0.39, 0.29) is 6.04 Å². The largest absolute Gasteiger partial charge is 0.479 e. The minimum Gasteiger partial charge on any atom is -0.479 e. The predicted molar refractivity (Wildman–Crippen MR) is 138 cm³/mol. The number of nitrogens with zero attached hydrogens (tertiary/aromatic N) is 2. The number of rotatable bonds is 4. The number of amides is 1. The highest BCUT2D eigenvalue weighted by molar-refractivity contribution is 6.30. The quantitative estimate of drug-likeness (QED) is 0.434. The highest BCUT2D eigenvalue weighted by Gasteiger charge is 2.38. The van der Waals surface area contributed by atoms with Crippen LogP contribution >= 0.6 is 11.6 Å². The van der Waals surface area contributed by atoms with Gasteiger partial charge in [0.15, 0.2) is 6.10 Å². The van der Waals surface area contributed by atoms with E-state index in [4.69, 9.17) is 21.1 Å².